The van der Waals surface area contributed by atoms with Crippen molar-refractivity contribution in [3.63, 3.8) is 0 Å². The molecule has 0 saturated carbocycles. The van der Waals surface area contributed by atoms with Crippen LogP contribution in [-0.2, 0) is 4.79 Å². The Kier molecular flexibility index (Phi) is 7.20. The topological polar surface area (TPSA) is 44.8 Å². The van der Waals surface area contributed by atoms with Crippen molar-refractivity contribution in [3.05, 3.63) is 24.3 Å². The normalized spacial score (nSPS) is 15.5. The van der Waals surface area contributed by atoms with Gasteiger partial charge in [0.25, 0.3) is 0 Å². The third-order valence-electron chi connectivity index (χ3n) is 4.27. The quantitative estimate of drug-likeness (QED) is 0.746. The molecule has 1 aromatic rings. The number of unbranched alkanes of at least 4 members (excludes halogenated alkanes) is 2. The van der Waals surface area contributed by atoms with Gasteiger partial charge in [-0.2, -0.15) is 0 Å². The molecule has 1 aliphatic rings. The zero-order valence-electron chi connectivity index (χ0n) is 14.4. The molecule has 0 unspecified atom stereocenters. The number of benzene rings is 1. The lowest BCUT2D eigenvalue weighted by Gasteiger charge is -2.36. The molecule has 0 atom stereocenters. The summed E-state index contributed by atoms with van der Waals surface area (Å²) in [6.07, 6.45) is 3.43. The van der Waals surface area contributed by atoms with Crippen molar-refractivity contribution in [1.29, 1.82) is 0 Å². The van der Waals surface area contributed by atoms with Crippen LogP contribution in [0.25, 0.3) is 0 Å². The number of ether oxygens (including phenoxy) is 1. The molecule has 0 bridgehead atoms. The minimum atomic E-state index is 0.145. The molecule has 1 amide bonds. The highest BCUT2D eigenvalue weighted by atomic mass is 16.5. The fourth-order valence-electron chi connectivity index (χ4n) is 2.90. The van der Waals surface area contributed by atoms with E-state index in [0.29, 0.717) is 6.54 Å². The Balaban J connectivity index is 1.74. The summed E-state index contributed by atoms with van der Waals surface area (Å²) >= 11 is 0. The van der Waals surface area contributed by atoms with Gasteiger partial charge in [0.1, 0.15) is 5.75 Å². The summed E-state index contributed by atoms with van der Waals surface area (Å²) < 4.78 is 5.43. The average Bonchev–Trinajstić information content (AvgIpc) is 2.59. The van der Waals surface area contributed by atoms with E-state index >= 15 is 0 Å². The highest BCUT2D eigenvalue weighted by Crippen LogP contribution is 2.28. The first-order valence-corrected chi connectivity index (χ1v) is 8.61. The summed E-state index contributed by atoms with van der Waals surface area (Å²) in [7, 11) is 1.71. The minimum Gasteiger partial charge on any atom is -0.495 e. The molecule has 5 heteroatoms. The van der Waals surface area contributed by atoms with Gasteiger partial charge in [-0.15, -0.1) is 0 Å². The first-order chi connectivity index (χ1) is 11.2. The number of anilines is 1. The van der Waals surface area contributed by atoms with Crippen LogP contribution in [-0.4, -0.2) is 57.2 Å². The van der Waals surface area contributed by atoms with Crippen LogP contribution >= 0.6 is 0 Å². The van der Waals surface area contributed by atoms with E-state index in [4.69, 9.17) is 4.74 Å². The Hall–Kier alpha value is -1.75. The third-order valence-corrected chi connectivity index (χ3v) is 4.27. The molecule has 0 aliphatic carbocycles. The second kappa shape index (κ2) is 9.40. The number of hydrogen-bond acceptors (Lipinski definition) is 4. The maximum absolute atomic E-state index is 11.9. The average molecular weight is 319 g/mol. The number of nitrogens with one attached hydrogen (secondary N) is 1. The summed E-state index contributed by atoms with van der Waals surface area (Å²) in [6, 6.07) is 8.11. The zero-order valence-corrected chi connectivity index (χ0v) is 14.4. The van der Waals surface area contributed by atoms with Crippen LogP contribution in [0.1, 0.15) is 26.2 Å². The molecule has 1 heterocycles. The van der Waals surface area contributed by atoms with Gasteiger partial charge in [0.2, 0.25) is 5.91 Å². The molecule has 1 aliphatic heterocycles. The molecule has 1 N–H and O–H groups in total. The van der Waals surface area contributed by atoms with E-state index in [1.807, 2.05) is 18.2 Å². The number of carbonyl (C=O) groups is 1. The van der Waals surface area contributed by atoms with Crippen LogP contribution in [0.5, 0.6) is 5.75 Å². The van der Waals surface area contributed by atoms with Crippen LogP contribution in [0, 0.1) is 0 Å². The smallest absolute Gasteiger partial charge is 0.234 e. The Bertz CT molecular complexity index is 485. The fraction of sp³-hybridized carbons (Fsp3) is 0.611. The van der Waals surface area contributed by atoms with Gasteiger partial charge in [-0.3, -0.25) is 9.69 Å². The van der Waals surface area contributed by atoms with Crippen molar-refractivity contribution >= 4 is 11.6 Å². The van der Waals surface area contributed by atoms with E-state index in [-0.39, 0.29) is 5.91 Å². The highest BCUT2D eigenvalue weighted by molar-refractivity contribution is 5.78. The fourth-order valence-corrected chi connectivity index (χ4v) is 2.90. The summed E-state index contributed by atoms with van der Waals surface area (Å²) in [5, 5.41) is 3.01. The number of rotatable bonds is 8. The standard InChI is InChI=1S/C18H29N3O2/c1-3-4-7-10-19-18(22)15-20-11-13-21(14-12-20)16-8-5-6-9-17(16)23-2/h5-6,8-9H,3-4,7,10-15H2,1-2H3,(H,19,22). The van der Waals surface area contributed by atoms with Crippen molar-refractivity contribution in [2.45, 2.75) is 26.2 Å². The number of nitrogens with zero attached hydrogens (tertiary/aromatic N) is 2. The predicted molar refractivity (Wildman–Crippen MR) is 94.2 cm³/mol. The van der Waals surface area contributed by atoms with Gasteiger partial charge in [0.15, 0.2) is 0 Å². The Morgan fingerprint density at radius 3 is 2.61 bits per heavy atom. The van der Waals surface area contributed by atoms with Crippen molar-refractivity contribution in [3.8, 4) is 5.75 Å². The van der Waals surface area contributed by atoms with Crippen LogP contribution < -0.4 is 15.0 Å². The summed E-state index contributed by atoms with van der Waals surface area (Å²) in [6.45, 7) is 7.12. The lowest BCUT2D eigenvalue weighted by Crippen LogP contribution is -2.49. The lowest BCUT2D eigenvalue weighted by molar-refractivity contribution is -0.122. The van der Waals surface area contributed by atoms with Gasteiger partial charge >= 0.3 is 0 Å². The summed E-state index contributed by atoms with van der Waals surface area (Å²) in [5.41, 5.74) is 1.14. The van der Waals surface area contributed by atoms with Gasteiger partial charge < -0.3 is 15.0 Å². The van der Waals surface area contributed by atoms with Crippen LogP contribution in [0.4, 0.5) is 5.69 Å². The number of amides is 1. The molecule has 128 valence electrons. The molecule has 1 fully saturated rings. The van der Waals surface area contributed by atoms with Crippen LogP contribution in [0.3, 0.4) is 0 Å². The summed E-state index contributed by atoms with van der Waals surface area (Å²) in [4.78, 5) is 16.5. The molecule has 1 aromatic carbocycles. The van der Waals surface area contributed by atoms with E-state index in [2.05, 4.69) is 28.1 Å². The highest BCUT2D eigenvalue weighted by Gasteiger charge is 2.20. The van der Waals surface area contributed by atoms with E-state index in [1.54, 1.807) is 7.11 Å². The Morgan fingerprint density at radius 1 is 1.17 bits per heavy atom. The number of hydrogen-bond donors (Lipinski definition) is 1. The van der Waals surface area contributed by atoms with Crippen molar-refractivity contribution < 1.29 is 9.53 Å². The number of methoxy groups -OCH3 is 1. The van der Waals surface area contributed by atoms with Gasteiger partial charge in [-0.25, -0.2) is 0 Å². The third kappa shape index (κ3) is 5.43. The molecule has 0 radical (unpaired) electrons. The SMILES string of the molecule is CCCCCNC(=O)CN1CCN(c2ccccc2OC)CC1. The van der Waals surface area contributed by atoms with E-state index in [9.17, 15) is 4.79 Å². The number of piperazine rings is 1. The Labute approximate surface area is 139 Å². The number of carbonyl (C=O) groups excluding carboxylic acids is 1. The van der Waals surface area contributed by atoms with Gasteiger partial charge in [0, 0.05) is 32.7 Å². The zero-order chi connectivity index (χ0) is 16.5. The maximum Gasteiger partial charge on any atom is 0.234 e. The first kappa shape index (κ1) is 17.6. The lowest BCUT2D eigenvalue weighted by atomic mass is 10.2. The predicted octanol–water partition coefficient (Wildman–Crippen LogP) is 2.12. The Morgan fingerprint density at radius 2 is 1.91 bits per heavy atom. The molecular formula is C18H29N3O2. The monoisotopic (exact) mass is 319 g/mol. The van der Waals surface area contributed by atoms with Crippen molar-refractivity contribution in [2.24, 2.45) is 0 Å². The van der Waals surface area contributed by atoms with E-state index in [0.717, 1.165) is 50.6 Å². The largest absolute Gasteiger partial charge is 0.495 e. The second-order valence-electron chi connectivity index (χ2n) is 5.99. The van der Waals surface area contributed by atoms with Crippen LogP contribution in [0.2, 0.25) is 0 Å². The van der Waals surface area contributed by atoms with Crippen molar-refractivity contribution in [1.82, 2.24) is 10.2 Å². The summed E-state index contributed by atoms with van der Waals surface area (Å²) in [5.74, 6) is 1.06. The van der Waals surface area contributed by atoms with Crippen molar-refractivity contribution in [2.75, 3.05) is 51.3 Å². The minimum absolute atomic E-state index is 0.145. The molecule has 2 rings (SSSR count). The molecule has 0 aromatic heterocycles. The molecule has 1 saturated heterocycles. The maximum atomic E-state index is 11.9. The van der Waals surface area contributed by atoms with Gasteiger partial charge in [-0.1, -0.05) is 31.9 Å². The second-order valence-corrected chi connectivity index (χ2v) is 5.99. The molecule has 23 heavy (non-hydrogen) atoms. The number of para-hydroxylation sites is 2. The van der Waals surface area contributed by atoms with Crippen LogP contribution in [0.15, 0.2) is 24.3 Å². The molecule has 5 nitrogen and oxygen atoms in total. The van der Waals surface area contributed by atoms with Gasteiger partial charge in [0.05, 0.1) is 19.3 Å². The molecule has 0 spiro atoms. The first-order valence-electron chi connectivity index (χ1n) is 8.61. The molecular weight excluding hydrogens is 290 g/mol. The van der Waals surface area contributed by atoms with E-state index in [1.165, 1.54) is 12.8 Å². The van der Waals surface area contributed by atoms with Gasteiger partial charge in [-0.05, 0) is 18.6 Å². The van der Waals surface area contributed by atoms with E-state index < -0.39 is 0 Å².